The highest BCUT2D eigenvalue weighted by Crippen LogP contribution is 2.31. The Morgan fingerprint density at radius 1 is 1.19 bits per heavy atom. The molecular weight excluding hydrogens is 340 g/mol. The summed E-state index contributed by atoms with van der Waals surface area (Å²) in [6.07, 6.45) is 5.90. The van der Waals surface area contributed by atoms with E-state index >= 15 is 0 Å². The van der Waals surface area contributed by atoms with Gasteiger partial charge in [0.25, 0.3) is 0 Å². The number of benzene rings is 1. The molecule has 0 bridgehead atoms. The summed E-state index contributed by atoms with van der Waals surface area (Å²) in [7, 11) is 1.98. The second-order valence-electron chi connectivity index (χ2n) is 7.38. The Morgan fingerprint density at radius 3 is 2.78 bits per heavy atom. The highest BCUT2D eigenvalue weighted by Gasteiger charge is 2.23. The fourth-order valence-electron chi connectivity index (χ4n) is 3.79. The molecule has 2 N–H and O–H groups in total. The van der Waals surface area contributed by atoms with Gasteiger partial charge in [0.1, 0.15) is 18.1 Å². The molecular formula is C20H28N6O. The monoisotopic (exact) mass is 368 g/mol. The summed E-state index contributed by atoms with van der Waals surface area (Å²) < 4.78 is 7.78. The van der Waals surface area contributed by atoms with Crippen LogP contribution in [0.15, 0.2) is 29.3 Å². The normalized spacial score (nSPS) is 20.2. The largest absolute Gasteiger partial charge is 0.493 e. The van der Waals surface area contributed by atoms with Crippen LogP contribution in [0.5, 0.6) is 5.75 Å². The molecule has 2 aliphatic rings. The van der Waals surface area contributed by atoms with Crippen molar-refractivity contribution < 1.29 is 4.74 Å². The zero-order chi connectivity index (χ0) is 18.6. The summed E-state index contributed by atoms with van der Waals surface area (Å²) in [4.78, 5) is 4.83. The van der Waals surface area contributed by atoms with Crippen LogP contribution in [0, 0.1) is 6.92 Å². The van der Waals surface area contributed by atoms with Crippen molar-refractivity contribution >= 4 is 5.96 Å². The number of nitrogens with zero attached hydrogens (tertiary/aromatic N) is 4. The summed E-state index contributed by atoms with van der Waals surface area (Å²) >= 11 is 0. The Morgan fingerprint density at radius 2 is 2.00 bits per heavy atom. The van der Waals surface area contributed by atoms with Gasteiger partial charge < -0.3 is 19.9 Å². The molecule has 27 heavy (non-hydrogen) atoms. The number of rotatable bonds is 4. The molecule has 0 spiro atoms. The van der Waals surface area contributed by atoms with Gasteiger partial charge in [-0.15, -0.1) is 10.2 Å². The molecule has 1 fully saturated rings. The van der Waals surface area contributed by atoms with Gasteiger partial charge in [-0.05, 0) is 25.8 Å². The Labute approximate surface area is 160 Å². The van der Waals surface area contributed by atoms with Crippen molar-refractivity contribution in [3.05, 3.63) is 41.5 Å². The smallest absolute Gasteiger partial charge is 0.192 e. The highest BCUT2D eigenvalue weighted by molar-refractivity contribution is 5.80. The molecule has 1 aliphatic heterocycles. The predicted molar refractivity (Wildman–Crippen MR) is 105 cm³/mol. The molecule has 4 rings (SSSR count). The molecule has 0 saturated heterocycles. The SMILES string of the molecule is Cc1nnc(CN=C(NC2CCCC2)NC2CCOc3ccccc32)n1C. The first-order chi connectivity index (χ1) is 13.2. The maximum absolute atomic E-state index is 5.79. The van der Waals surface area contributed by atoms with Crippen LogP contribution in [-0.4, -0.2) is 33.4 Å². The number of guanidine groups is 1. The first-order valence-corrected chi connectivity index (χ1v) is 9.85. The molecule has 1 atom stereocenters. The van der Waals surface area contributed by atoms with Crippen molar-refractivity contribution in [3.8, 4) is 5.75 Å². The van der Waals surface area contributed by atoms with E-state index in [0.29, 0.717) is 19.2 Å². The van der Waals surface area contributed by atoms with Gasteiger partial charge in [0.2, 0.25) is 0 Å². The van der Waals surface area contributed by atoms with Crippen LogP contribution in [0.4, 0.5) is 0 Å². The van der Waals surface area contributed by atoms with E-state index in [0.717, 1.165) is 29.8 Å². The predicted octanol–water partition coefficient (Wildman–Crippen LogP) is 2.63. The number of para-hydroxylation sites is 1. The Kier molecular flexibility index (Phi) is 5.27. The summed E-state index contributed by atoms with van der Waals surface area (Å²) in [6.45, 7) is 3.17. The van der Waals surface area contributed by atoms with Gasteiger partial charge in [-0.1, -0.05) is 31.0 Å². The van der Waals surface area contributed by atoms with Crippen LogP contribution in [0.25, 0.3) is 0 Å². The topological polar surface area (TPSA) is 76.4 Å². The lowest BCUT2D eigenvalue weighted by atomic mass is 10.0. The van der Waals surface area contributed by atoms with Gasteiger partial charge in [-0.2, -0.15) is 0 Å². The average molecular weight is 368 g/mol. The second kappa shape index (κ2) is 7.98. The molecule has 2 heterocycles. The van der Waals surface area contributed by atoms with E-state index in [1.54, 1.807) is 0 Å². The van der Waals surface area contributed by atoms with E-state index in [1.165, 1.54) is 31.2 Å². The Bertz CT molecular complexity index is 809. The van der Waals surface area contributed by atoms with E-state index in [1.807, 2.05) is 30.7 Å². The summed E-state index contributed by atoms with van der Waals surface area (Å²) in [6, 6.07) is 8.93. The first kappa shape index (κ1) is 17.8. The minimum atomic E-state index is 0.198. The molecule has 1 unspecified atom stereocenters. The molecule has 144 valence electrons. The Hall–Kier alpha value is -2.57. The van der Waals surface area contributed by atoms with Gasteiger partial charge in [0, 0.05) is 25.1 Å². The zero-order valence-electron chi connectivity index (χ0n) is 16.1. The number of hydrogen-bond acceptors (Lipinski definition) is 4. The second-order valence-corrected chi connectivity index (χ2v) is 7.38. The quantitative estimate of drug-likeness (QED) is 0.641. The van der Waals surface area contributed by atoms with Gasteiger partial charge in [0.15, 0.2) is 11.8 Å². The fourth-order valence-corrected chi connectivity index (χ4v) is 3.79. The van der Waals surface area contributed by atoms with Crippen LogP contribution < -0.4 is 15.4 Å². The minimum absolute atomic E-state index is 0.198. The standard InChI is InChI=1S/C20H28N6O/c1-14-24-25-19(26(14)2)13-21-20(22-15-7-3-4-8-15)23-17-11-12-27-18-10-6-5-9-16(17)18/h5-6,9-10,15,17H,3-4,7-8,11-13H2,1-2H3,(H2,21,22,23). The van der Waals surface area contributed by atoms with Crippen LogP contribution in [0.2, 0.25) is 0 Å². The van der Waals surface area contributed by atoms with Crippen molar-refractivity contribution in [1.29, 1.82) is 0 Å². The number of hydrogen-bond donors (Lipinski definition) is 2. The molecule has 7 heteroatoms. The lowest BCUT2D eigenvalue weighted by Gasteiger charge is -2.29. The third kappa shape index (κ3) is 4.07. The van der Waals surface area contributed by atoms with E-state index < -0.39 is 0 Å². The molecule has 1 aromatic carbocycles. The van der Waals surface area contributed by atoms with Crippen LogP contribution in [0.1, 0.15) is 55.4 Å². The lowest BCUT2D eigenvalue weighted by molar-refractivity contribution is 0.261. The maximum Gasteiger partial charge on any atom is 0.192 e. The molecule has 0 amide bonds. The molecule has 1 saturated carbocycles. The van der Waals surface area contributed by atoms with Crippen molar-refractivity contribution in [2.75, 3.05) is 6.61 Å². The van der Waals surface area contributed by atoms with Crippen molar-refractivity contribution in [1.82, 2.24) is 25.4 Å². The lowest BCUT2D eigenvalue weighted by Crippen LogP contribution is -2.45. The average Bonchev–Trinajstić information content (AvgIpc) is 3.31. The van der Waals surface area contributed by atoms with Crippen LogP contribution in [0.3, 0.4) is 0 Å². The molecule has 0 radical (unpaired) electrons. The van der Waals surface area contributed by atoms with Gasteiger partial charge in [-0.3, -0.25) is 0 Å². The molecule has 1 aromatic heterocycles. The summed E-state index contributed by atoms with van der Waals surface area (Å²) in [5.74, 6) is 3.58. The van der Waals surface area contributed by atoms with Crippen molar-refractivity contribution in [2.45, 2.75) is 57.7 Å². The van der Waals surface area contributed by atoms with Crippen molar-refractivity contribution in [3.63, 3.8) is 0 Å². The van der Waals surface area contributed by atoms with Crippen molar-refractivity contribution in [2.24, 2.45) is 12.0 Å². The van der Waals surface area contributed by atoms with Gasteiger partial charge in [0.05, 0.1) is 12.6 Å². The van der Waals surface area contributed by atoms with Crippen LogP contribution >= 0.6 is 0 Å². The van der Waals surface area contributed by atoms with Gasteiger partial charge in [-0.25, -0.2) is 4.99 Å². The number of aliphatic imine (C=N–C) groups is 1. The van der Waals surface area contributed by atoms with E-state index in [-0.39, 0.29) is 6.04 Å². The number of nitrogens with one attached hydrogen (secondary N) is 2. The van der Waals surface area contributed by atoms with E-state index in [4.69, 9.17) is 9.73 Å². The van der Waals surface area contributed by atoms with E-state index in [2.05, 4.69) is 33.0 Å². The maximum atomic E-state index is 5.79. The molecule has 7 nitrogen and oxygen atoms in total. The number of aromatic nitrogens is 3. The summed E-state index contributed by atoms with van der Waals surface area (Å²) in [5.41, 5.74) is 1.19. The number of fused-ring (bicyclic) bond motifs is 1. The summed E-state index contributed by atoms with van der Waals surface area (Å²) in [5, 5.41) is 15.6. The number of aryl methyl sites for hydroxylation is 1. The highest BCUT2D eigenvalue weighted by atomic mass is 16.5. The number of ether oxygens (including phenoxy) is 1. The zero-order valence-corrected chi connectivity index (χ0v) is 16.1. The van der Waals surface area contributed by atoms with E-state index in [9.17, 15) is 0 Å². The first-order valence-electron chi connectivity index (χ1n) is 9.85. The Balaban J connectivity index is 1.53. The third-order valence-electron chi connectivity index (χ3n) is 5.53. The fraction of sp³-hybridized carbons (Fsp3) is 0.550. The van der Waals surface area contributed by atoms with Crippen LogP contribution in [-0.2, 0) is 13.6 Å². The third-order valence-corrected chi connectivity index (χ3v) is 5.53. The minimum Gasteiger partial charge on any atom is -0.493 e. The molecule has 2 aromatic rings. The van der Waals surface area contributed by atoms with Gasteiger partial charge >= 0.3 is 0 Å². The molecule has 1 aliphatic carbocycles.